The molecule has 0 saturated carbocycles. The van der Waals surface area contributed by atoms with Crippen molar-refractivity contribution in [1.29, 1.82) is 0 Å². The number of amides is 3. The zero-order valence-electron chi connectivity index (χ0n) is 15.4. The van der Waals surface area contributed by atoms with Crippen LogP contribution in [-0.2, 0) is 17.8 Å². The van der Waals surface area contributed by atoms with E-state index in [1.807, 2.05) is 55.5 Å². The van der Waals surface area contributed by atoms with E-state index in [4.69, 9.17) is 4.74 Å². The smallest absolute Gasteiger partial charge is 0.325 e. The van der Waals surface area contributed by atoms with Crippen LogP contribution in [-0.4, -0.2) is 29.5 Å². The Hall–Kier alpha value is -2.82. The molecule has 136 valence electrons. The molecule has 1 atom stereocenters. The third kappa shape index (κ3) is 3.72. The molecule has 2 aromatic carbocycles. The second kappa shape index (κ2) is 7.20. The number of aryl methyl sites for hydroxylation is 2. The minimum atomic E-state index is -0.874. The van der Waals surface area contributed by atoms with Gasteiger partial charge in [-0.05, 0) is 49.9 Å². The Labute approximate surface area is 154 Å². The summed E-state index contributed by atoms with van der Waals surface area (Å²) in [6, 6.07) is 15.3. The Morgan fingerprint density at radius 3 is 2.46 bits per heavy atom. The summed E-state index contributed by atoms with van der Waals surface area (Å²) in [6.45, 7) is 4.09. The summed E-state index contributed by atoms with van der Waals surface area (Å²) in [5, 5.41) is 2.87. The van der Waals surface area contributed by atoms with Crippen LogP contribution in [0, 0.1) is 6.92 Å². The molecule has 5 heteroatoms. The molecule has 5 nitrogen and oxygen atoms in total. The minimum Gasteiger partial charge on any atom is -0.497 e. The Bertz CT molecular complexity index is 816. The first-order chi connectivity index (χ1) is 12.4. The van der Waals surface area contributed by atoms with Crippen LogP contribution in [0.3, 0.4) is 0 Å². The zero-order valence-corrected chi connectivity index (χ0v) is 15.4. The van der Waals surface area contributed by atoms with E-state index in [1.165, 1.54) is 4.90 Å². The van der Waals surface area contributed by atoms with Crippen molar-refractivity contribution < 1.29 is 14.3 Å². The van der Waals surface area contributed by atoms with Crippen molar-refractivity contribution in [2.45, 2.75) is 38.8 Å². The molecule has 2 aromatic rings. The quantitative estimate of drug-likeness (QED) is 0.810. The van der Waals surface area contributed by atoms with E-state index in [0.29, 0.717) is 19.4 Å². The molecule has 0 bridgehead atoms. The summed E-state index contributed by atoms with van der Waals surface area (Å²) in [4.78, 5) is 26.5. The van der Waals surface area contributed by atoms with Crippen LogP contribution in [0.25, 0.3) is 0 Å². The molecule has 1 aliphatic heterocycles. The van der Waals surface area contributed by atoms with Crippen LogP contribution in [0.15, 0.2) is 48.5 Å². The van der Waals surface area contributed by atoms with Gasteiger partial charge in [-0.1, -0.05) is 42.0 Å². The highest BCUT2D eigenvalue weighted by molar-refractivity contribution is 6.06. The lowest BCUT2D eigenvalue weighted by atomic mass is 9.93. The summed E-state index contributed by atoms with van der Waals surface area (Å²) >= 11 is 0. The predicted octanol–water partition coefficient (Wildman–Crippen LogP) is 3.45. The van der Waals surface area contributed by atoms with Crippen LogP contribution < -0.4 is 10.1 Å². The van der Waals surface area contributed by atoms with Gasteiger partial charge in [0.1, 0.15) is 11.3 Å². The first-order valence-electron chi connectivity index (χ1n) is 8.74. The van der Waals surface area contributed by atoms with Crippen LogP contribution in [0.4, 0.5) is 4.79 Å². The summed E-state index contributed by atoms with van der Waals surface area (Å²) in [6.07, 6.45) is 1.25. The molecule has 26 heavy (non-hydrogen) atoms. The van der Waals surface area contributed by atoms with E-state index in [0.717, 1.165) is 22.4 Å². The van der Waals surface area contributed by atoms with Crippen LogP contribution in [0.5, 0.6) is 5.75 Å². The van der Waals surface area contributed by atoms with Crippen molar-refractivity contribution in [1.82, 2.24) is 10.2 Å². The van der Waals surface area contributed by atoms with Crippen LogP contribution >= 0.6 is 0 Å². The summed E-state index contributed by atoms with van der Waals surface area (Å²) in [5.74, 6) is 0.632. The molecule has 3 amide bonds. The lowest BCUT2D eigenvalue weighted by Crippen LogP contribution is -2.44. The average molecular weight is 352 g/mol. The fraction of sp³-hybridized carbons (Fsp3) is 0.333. The van der Waals surface area contributed by atoms with E-state index in [2.05, 4.69) is 5.32 Å². The number of imide groups is 1. The van der Waals surface area contributed by atoms with Gasteiger partial charge < -0.3 is 10.1 Å². The number of carbonyl (C=O) groups is 2. The van der Waals surface area contributed by atoms with Crippen molar-refractivity contribution in [3.63, 3.8) is 0 Å². The molecule has 1 fully saturated rings. The van der Waals surface area contributed by atoms with E-state index >= 15 is 0 Å². The number of ether oxygens (including phenoxy) is 1. The first kappa shape index (κ1) is 18.0. The Balaban J connectivity index is 1.67. The highest BCUT2D eigenvalue weighted by atomic mass is 16.5. The van der Waals surface area contributed by atoms with Crippen molar-refractivity contribution in [2.75, 3.05) is 7.11 Å². The largest absolute Gasteiger partial charge is 0.497 e. The molecule has 1 heterocycles. The van der Waals surface area contributed by atoms with Crippen molar-refractivity contribution in [3.8, 4) is 5.75 Å². The van der Waals surface area contributed by atoms with Gasteiger partial charge in [-0.25, -0.2) is 4.79 Å². The predicted molar refractivity (Wildman–Crippen MR) is 100.0 cm³/mol. The summed E-state index contributed by atoms with van der Waals surface area (Å²) in [5.41, 5.74) is 2.29. The van der Waals surface area contributed by atoms with Gasteiger partial charge in [0, 0.05) is 0 Å². The van der Waals surface area contributed by atoms with Crippen molar-refractivity contribution in [2.24, 2.45) is 0 Å². The monoisotopic (exact) mass is 352 g/mol. The topological polar surface area (TPSA) is 58.6 Å². The molecule has 1 N–H and O–H groups in total. The number of benzene rings is 2. The third-order valence-corrected chi connectivity index (χ3v) is 4.84. The molecule has 0 spiro atoms. The van der Waals surface area contributed by atoms with E-state index in [1.54, 1.807) is 14.0 Å². The van der Waals surface area contributed by atoms with Crippen molar-refractivity contribution in [3.05, 3.63) is 65.2 Å². The van der Waals surface area contributed by atoms with E-state index in [9.17, 15) is 9.59 Å². The molecule has 0 aliphatic carbocycles. The zero-order chi connectivity index (χ0) is 18.7. The number of hydrogen-bond acceptors (Lipinski definition) is 3. The minimum absolute atomic E-state index is 0.169. The fourth-order valence-corrected chi connectivity index (χ4v) is 3.24. The van der Waals surface area contributed by atoms with E-state index < -0.39 is 5.54 Å². The highest BCUT2D eigenvalue weighted by Crippen LogP contribution is 2.25. The average Bonchev–Trinajstić information content (AvgIpc) is 2.84. The number of carbonyl (C=O) groups excluding carboxylic acids is 2. The Morgan fingerprint density at radius 1 is 1.08 bits per heavy atom. The van der Waals surface area contributed by atoms with Crippen molar-refractivity contribution >= 4 is 11.9 Å². The Morgan fingerprint density at radius 2 is 1.81 bits per heavy atom. The molecular formula is C21H24N2O3. The van der Waals surface area contributed by atoms with Gasteiger partial charge in [-0.2, -0.15) is 0 Å². The van der Waals surface area contributed by atoms with E-state index in [-0.39, 0.29) is 11.9 Å². The Kier molecular flexibility index (Phi) is 4.98. The SMILES string of the molecule is COc1ccc(CCC2(C)NC(=O)N(Cc3cccc(C)c3)C2=O)cc1. The number of nitrogens with zero attached hydrogens (tertiary/aromatic N) is 1. The number of hydrogen-bond donors (Lipinski definition) is 1. The normalized spacial score (nSPS) is 19.6. The molecule has 3 rings (SSSR count). The van der Waals surface area contributed by atoms with Crippen LogP contribution in [0.2, 0.25) is 0 Å². The van der Waals surface area contributed by atoms with Gasteiger partial charge in [0.05, 0.1) is 13.7 Å². The standard InChI is InChI=1S/C21H24N2O3/c1-15-5-4-6-17(13-15)14-23-19(24)21(2,22-20(23)25)12-11-16-7-9-18(26-3)10-8-16/h4-10,13H,11-12,14H2,1-3H3,(H,22,25). The number of rotatable bonds is 6. The second-order valence-corrected chi connectivity index (χ2v) is 6.99. The summed E-state index contributed by atoms with van der Waals surface area (Å²) < 4.78 is 5.16. The molecule has 1 saturated heterocycles. The maximum absolute atomic E-state index is 12.9. The fourth-order valence-electron chi connectivity index (χ4n) is 3.24. The number of methoxy groups -OCH3 is 1. The molecular weight excluding hydrogens is 328 g/mol. The highest BCUT2D eigenvalue weighted by Gasteiger charge is 2.47. The lowest BCUT2D eigenvalue weighted by molar-refractivity contribution is -0.131. The lowest BCUT2D eigenvalue weighted by Gasteiger charge is -2.22. The van der Waals surface area contributed by atoms with Gasteiger partial charge in [0.15, 0.2) is 0 Å². The first-order valence-corrected chi connectivity index (χ1v) is 8.74. The maximum atomic E-state index is 12.9. The van der Waals surface area contributed by atoms with Crippen LogP contribution in [0.1, 0.15) is 30.0 Å². The molecule has 1 unspecified atom stereocenters. The van der Waals surface area contributed by atoms with Gasteiger partial charge >= 0.3 is 6.03 Å². The third-order valence-electron chi connectivity index (χ3n) is 4.84. The van der Waals surface area contributed by atoms with Gasteiger partial charge in [-0.3, -0.25) is 9.69 Å². The van der Waals surface area contributed by atoms with Gasteiger partial charge in [0.25, 0.3) is 5.91 Å². The molecule has 1 aliphatic rings. The molecule has 0 radical (unpaired) electrons. The second-order valence-electron chi connectivity index (χ2n) is 6.99. The number of urea groups is 1. The maximum Gasteiger partial charge on any atom is 0.325 e. The molecule has 0 aromatic heterocycles. The van der Waals surface area contributed by atoms with Gasteiger partial charge in [-0.15, -0.1) is 0 Å². The summed E-state index contributed by atoms with van der Waals surface area (Å²) in [7, 11) is 1.63. The van der Waals surface area contributed by atoms with Gasteiger partial charge in [0.2, 0.25) is 0 Å². The number of nitrogens with one attached hydrogen (secondary N) is 1.